The molecule has 4 heteroatoms. The van der Waals surface area contributed by atoms with E-state index in [4.69, 9.17) is 0 Å². The van der Waals surface area contributed by atoms with Gasteiger partial charge in [-0.05, 0) is 45.7 Å². The van der Waals surface area contributed by atoms with Gasteiger partial charge in [-0.15, -0.1) is 0 Å². The molecule has 0 radical (unpaired) electrons. The van der Waals surface area contributed by atoms with Crippen LogP contribution in [0.4, 0.5) is 5.69 Å². The highest BCUT2D eigenvalue weighted by molar-refractivity contribution is 6.40. The van der Waals surface area contributed by atoms with Crippen LogP contribution < -0.4 is 4.90 Å². The highest BCUT2D eigenvalue weighted by atomic mass is 16.2. The molecule has 0 saturated carbocycles. The quantitative estimate of drug-likeness (QED) is 0.776. The van der Waals surface area contributed by atoms with Gasteiger partial charge < -0.3 is 9.80 Å². The smallest absolute Gasteiger partial charge is 0.316 e. The molecule has 1 aromatic rings. The monoisotopic (exact) mass is 274 g/mol. The van der Waals surface area contributed by atoms with Crippen LogP contribution >= 0.6 is 0 Å². The van der Waals surface area contributed by atoms with Crippen molar-refractivity contribution in [2.45, 2.75) is 46.2 Å². The number of amides is 2. The van der Waals surface area contributed by atoms with Crippen LogP contribution in [-0.4, -0.2) is 35.3 Å². The molecule has 1 aliphatic heterocycles. The number of carbonyl (C=O) groups excluding carboxylic acids is 2. The van der Waals surface area contributed by atoms with E-state index in [-0.39, 0.29) is 12.1 Å². The second-order valence-electron chi connectivity index (χ2n) is 5.74. The van der Waals surface area contributed by atoms with E-state index in [0.717, 1.165) is 17.7 Å². The van der Waals surface area contributed by atoms with E-state index < -0.39 is 11.8 Å². The molecule has 4 nitrogen and oxygen atoms in total. The first-order valence-electron chi connectivity index (χ1n) is 7.15. The van der Waals surface area contributed by atoms with E-state index in [0.29, 0.717) is 6.54 Å². The summed E-state index contributed by atoms with van der Waals surface area (Å²) in [5.41, 5.74) is 2.01. The first-order chi connectivity index (χ1) is 9.43. The van der Waals surface area contributed by atoms with Crippen molar-refractivity contribution < 1.29 is 9.59 Å². The maximum atomic E-state index is 12.5. The third kappa shape index (κ3) is 2.55. The lowest BCUT2D eigenvalue weighted by Gasteiger charge is -2.31. The van der Waals surface area contributed by atoms with E-state index in [1.54, 1.807) is 9.80 Å². The van der Waals surface area contributed by atoms with E-state index >= 15 is 0 Å². The summed E-state index contributed by atoms with van der Waals surface area (Å²) < 4.78 is 0. The largest absolute Gasteiger partial charge is 0.330 e. The highest BCUT2D eigenvalue weighted by Gasteiger charge is 2.33. The van der Waals surface area contributed by atoms with Crippen LogP contribution in [-0.2, 0) is 16.0 Å². The summed E-state index contributed by atoms with van der Waals surface area (Å²) in [6, 6.07) is 7.81. The Morgan fingerprint density at radius 2 is 1.70 bits per heavy atom. The molecule has 1 aliphatic rings. The first kappa shape index (κ1) is 14.6. The molecule has 108 valence electrons. The lowest BCUT2D eigenvalue weighted by atomic mass is 10.2. The Labute approximate surface area is 120 Å². The van der Waals surface area contributed by atoms with Gasteiger partial charge in [0.25, 0.3) is 0 Å². The molecule has 1 aromatic carbocycles. The van der Waals surface area contributed by atoms with Crippen molar-refractivity contribution in [1.29, 1.82) is 0 Å². The van der Waals surface area contributed by atoms with E-state index in [1.165, 1.54) is 0 Å². The molecular formula is C16H22N2O2. The van der Waals surface area contributed by atoms with E-state index in [1.807, 2.05) is 52.0 Å². The lowest BCUT2D eigenvalue weighted by Crippen LogP contribution is -2.50. The summed E-state index contributed by atoms with van der Waals surface area (Å²) >= 11 is 0. The minimum atomic E-state index is -0.419. The molecule has 0 bridgehead atoms. The molecule has 0 unspecified atom stereocenters. The van der Waals surface area contributed by atoms with Crippen molar-refractivity contribution >= 4 is 17.5 Å². The van der Waals surface area contributed by atoms with E-state index in [9.17, 15) is 9.59 Å². The average molecular weight is 274 g/mol. The Morgan fingerprint density at radius 1 is 1.10 bits per heavy atom. The van der Waals surface area contributed by atoms with Crippen LogP contribution in [0.3, 0.4) is 0 Å². The van der Waals surface area contributed by atoms with Crippen molar-refractivity contribution in [3.05, 3.63) is 29.8 Å². The molecule has 0 spiro atoms. The Balaban J connectivity index is 2.22. The van der Waals surface area contributed by atoms with Gasteiger partial charge in [0.1, 0.15) is 0 Å². The fraction of sp³-hybridized carbons (Fsp3) is 0.500. The van der Waals surface area contributed by atoms with Crippen molar-refractivity contribution in [1.82, 2.24) is 4.90 Å². The number of rotatable bonds is 2. The molecule has 20 heavy (non-hydrogen) atoms. The molecule has 0 aromatic heterocycles. The van der Waals surface area contributed by atoms with E-state index in [2.05, 4.69) is 0 Å². The maximum Gasteiger partial charge on any atom is 0.316 e. The van der Waals surface area contributed by atoms with Gasteiger partial charge in [0.2, 0.25) is 0 Å². The van der Waals surface area contributed by atoms with Crippen LogP contribution in [0.5, 0.6) is 0 Å². The van der Waals surface area contributed by atoms with Crippen molar-refractivity contribution in [3.8, 4) is 0 Å². The van der Waals surface area contributed by atoms with Gasteiger partial charge in [-0.2, -0.15) is 0 Å². The molecule has 2 rings (SSSR count). The normalized spacial score (nSPS) is 13.8. The molecule has 1 heterocycles. The lowest BCUT2D eigenvalue weighted by molar-refractivity contribution is -0.146. The minimum Gasteiger partial charge on any atom is -0.330 e. The zero-order valence-corrected chi connectivity index (χ0v) is 12.6. The van der Waals surface area contributed by atoms with Crippen LogP contribution in [0.15, 0.2) is 24.3 Å². The summed E-state index contributed by atoms with van der Waals surface area (Å²) in [5, 5.41) is 0. The number of carbonyl (C=O) groups is 2. The molecule has 2 amide bonds. The van der Waals surface area contributed by atoms with Crippen LogP contribution in [0.2, 0.25) is 0 Å². The van der Waals surface area contributed by atoms with Crippen molar-refractivity contribution in [3.63, 3.8) is 0 Å². The highest BCUT2D eigenvalue weighted by Crippen LogP contribution is 2.27. The summed E-state index contributed by atoms with van der Waals surface area (Å²) in [6.07, 6.45) is 0.818. The first-order valence-corrected chi connectivity index (χ1v) is 7.15. The Kier molecular flexibility index (Phi) is 4.12. The molecule has 0 N–H and O–H groups in total. The van der Waals surface area contributed by atoms with Gasteiger partial charge in [-0.1, -0.05) is 18.2 Å². The topological polar surface area (TPSA) is 40.6 Å². The zero-order valence-electron chi connectivity index (χ0n) is 12.6. The van der Waals surface area contributed by atoms with Gasteiger partial charge in [0, 0.05) is 24.3 Å². The zero-order chi connectivity index (χ0) is 14.9. The van der Waals surface area contributed by atoms with Gasteiger partial charge >= 0.3 is 11.8 Å². The van der Waals surface area contributed by atoms with Crippen LogP contribution in [0, 0.1) is 0 Å². The molecular weight excluding hydrogens is 252 g/mol. The summed E-state index contributed by atoms with van der Waals surface area (Å²) in [7, 11) is 0. The average Bonchev–Trinajstić information content (AvgIpc) is 2.80. The van der Waals surface area contributed by atoms with Gasteiger partial charge in [-0.3, -0.25) is 9.59 Å². The Morgan fingerprint density at radius 3 is 2.30 bits per heavy atom. The van der Waals surface area contributed by atoms with Crippen molar-refractivity contribution in [2.75, 3.05) is 11.4 Å². The third-order valence-electron chi connectivity index (χ3n) is 3.66. The number of nitrogens with zero attached hydrogens (tertiary/aromatic N) is 2. The summed E-state index contributed by atoms with van der Waals surface area (Å²) in [4.78, 5) is 28.2. The SMILES string of the molecule is CC(C)N(C(=O)C(=O)N1CCc2ccccc21)C(C)C. The second kappa shape index (κ2) is 5.65. The molecule has 0 aliphatic carbocycles. The summed E-state index contributed by atoms with van der Waals surface area (Å²) in [5.74, 6) is -0.830. The van der Waals surface area contributed by atoms with Gasteiger partial charge in [-0.25, -0.2) is 0 Å². The minimum absolute atomic E-state index is 0.0179. The number of anilines is 1. The number of hydrogen-bond donors (Lipinski definition) is 0. The Hall–Kier alpha value is -1.84. The fourth-order valence-electron chi connectivity index (χ4n) is 2.84. The van der Waals surface area contributed by atoms with Crippen LogP contribution in [0.1, 0.15) is 33.3 Å². The Bertz CT molecular complexity index is 515. The predicted molar refractivity (Wildman–Crippen MR) is 79.6 cm³/mol. The van der Waals surface area contributed by atoms with Gasteiger partial charge in [0.05, 0.1) is 0 Å². The second-order valence-corrected chi connectivity index (χ2v) is 5.74. The standard InChI is InChI=1S/C16H22N2O2/c1-11(2)18(12(3)4)16(20)15(19)17-10-9-13-7-5-6-8-14(13)17/h5-8,11-12H,9-10H2,1-4H3. The maximum absolute atomic E-state index is 12.5. The fourth-order valence-corrected chi connectivity index (χ4v) is 2.84. The van der Waals surface area contributed by atoms with Crippen molar-refractivity contribution in [2.24, 2.45) is 0 Å². The van der Waals surface area contributed by atoms with Gasteiger partial charge in [0.15, 0.2) is 0 Å². The molecule has 0 fully saturated rings. The van der Waals surface area contributed by atoms with Crippen LogP contribution in [0.25, 0.3) is 0 Å². The number of hydrogen-bond acceptors (Lipinski definition) is 2. The summed E-state index contributed by atoms with van der Waals surface area (Å²) in [6.45, 7) is 8.33. The number of fused-ring (bicyclic) bond motifs is 1. The number of para-hydroxylation sites is 1. The molecule has 0 saturated heterocycles. The predicted octanol–water partition coefficient (Wildman–Crippen LogP) is 2.22. The molecule has 0 atom stereocenters. The number of benzene rings is 1. The third-order valence-corrected chi connectivity index (χ3v) is 3.66.